The lowest BCUT2D eigenvalue weighted by molar-refractivity contribution is -0.168. The van der Waals surface area contributed by atoms with Crippen LogP contribution in [-0.2, 0) is 23.9 Å². The lowest BCUT2D eigenvalue weighted by Gasteiger charge is -2.42. The van der Waals surface area contributed by atoms with Crippen LogP contribution in [0, 0.1) is 17.3 Å². The molecule has 0 amide bonds. The maximum Gasteiger partial charge on any atom is 0.333 e. The van der Waals surface area contributed by atoms with Crippen LogP contribution in [0.5, 0.6) is 0 Å². The SMILES string of the molecule is C/C=C(/C)C(=O)O[C@H]1CC(C)=CC(=O)[C@]2(C)[C@@H]1[C@](O)(C(C)C)C[C@H]2OC(=O)/C(C)=C\C. The molecule has 6 nitrogen and oxygen atoms in total. The fourth-order valence-corrected chi connectivity index (χ4v) is 4.81. The maximum atomic E-state index is 13.4. The fraction of sp³-hybridized carbons (Fsp3) is 0.640. The van der Waals surface area contributed by atoms with Gasteiger partial charge in [0.1, 0.15) is 12.2 Å². The summed E-state index contributed by atoms with van der Waals surface area (Å²) in [6.45, 7) is 14.1. The van der Waals surface area contributed by atoms with E-state index in [0.717, 1.165) is 5.57 Å². The molecule has 0 spiro atoms. The molecule has 0 unspecified atom stereocenters. The second-order valence-electron chi connectivity index (χ2n) is 9.45. The van der Waals surface area contributed by atoms with E-state index in [1.807, 2.05) is 20.8 Å². The van der Waals surface area contributed by atoms with Crippen molar-refractivity contribution in [2.75, 3.05) is 0 Å². The molecule has 2 aliphatic carbocycles. The summed E-state index contributed by atoms with van der Waals surface area (Å²) in [7, 11) is 0. The normalized spacial score (nSPS) is 34.2. The molecule has 0 saturated heterocycles. The highest BCUT2D eigenvalue weighted by molar-refractivity contribution is 5.97. The standard InChI is InChI=1S/C25H36O6/c1-9-16(6)22(27)30-18-11-15(5)12-19(26)24(8)20(31-23(28)17(7)10-2)13-25(29,14(3)4)21(18)24/h9-10,12,14,18,20-21,29H,11,13H2,1-8H3/b16-9-,17-10-/t18-,20+,21+,24-,25+/m0/s1. The van der Waals surface area contributed by atoms with Crippen molar-refractivity contribution in [1.82, 2.24) is 0 Å². The largest absolute Gasteiger partial charge is 0.458 e. The predicted octanol–water partition coefficient (Wildman–Crippen LogP) is 4.07. The Bertz CT molecular complexity index is 848. The Hall–Kier alpha value is -2.21. The summed E-state index contributed by atoms with van der Waals surface area (Å²) in [5, 5.41) is 11.8. The molecule has 31 heavy (non-hydrogen) atoms. The Labute approximate surface area is 185 Å². The van der Waals surface area contributed by atoms with E-state index in [9.17, 15) is 19.5 Å². The zero-order valence-electron chi connectivity index (χ0n) is 19.9. The summed E-state index contributed by atoms with van der Waals surface area (Å²) in [5.41, 5.74) is -0.935. The molecule has 2 aliphatic rings. The highest BCUT2D eigenvalue weighted by Crippen LogP contribution is 2.58. The monoisotopic (exact) mass is 432 g/mol. The number of ether oxygens (including phenoxy) is 2. The van der Waals surface area contributed by atoms with E-state index in [1.54, 1.807) is 52.8 Å². The second-order valence-corrected chi connectivity index (χ2v) is 9.45. The minimum atomic E-state index is -1.35. The quantitative estimate of drug-likeness (QED) is 0.520. The maximum absolute atomic E-state index is 13.4. The number of hydrogen-bond acceptors (Lipinski definition) is 6. The van der Waals surface area contributed by atoms with E-state index in [4.69, 9.17) is 9.47 Å². The van der Waals surface area contributed by atoms with Crippen LogP contribution in [0.2, 0.25) is 0 Å². The van der Waals surface area contributed by atoms with Crippen LogP contribution >= 0.6 is 0 Å². The average Bonchev–Trinajstić information content (AvgIpc) is 2.88. The molecule has 1 fully saturated rings. The molecule has 0 heterocycles. The zero-order chi connectivity index (χ0) is 23.7. The van der Waals surface area contributed by atoms with Crippen molar-refractivity contribution in [2.45, 2.75) is 86.0 Å². The number of aliphatic hydroxyl groups is 1. The fourth-order valence-electron chi connectivity index (χ4n) is 4.81. The Morgan fingerprint density at radius 2 is 1.65 bits per heavy atom. The summed E-state index contributed by atoms with van der Waals surface area (Å²) >= 11 is 0. The summed E-state index contributed by atoms with van der Waals surface area (Å²) in [4.78, 5) is 38.7. The number of fused-ring (bicyclic) bond motifs is 1. The van der Waals surface area contributed by atoms with Gasteiger partial charge < -0.3 is 14.6 Å². The van der Waals surface area contributed by atoms with Crippen LogP contribution in [0.3, 0.4) is 0 Å². The molecule has 6 heteroatoms. The molecule has 2 rings (SSSR count). The number of carbonyl (C=O) groups is 3. The van der Waals surface area contributed by atoms with Gasteiger partial charge in [-0.05, 0) is 53.5 Å². The zero-order valence-corrected chi connectivity index (χ0v) is 19.9. The molecule has 5 atom stereocenters. The van der Waals surface area contributed by atoms with Gasteiger partial charge in [0.2, 0.25) is 0 Å². The summed E-state index contributed by atoms with van der Waals surface area (Å²) < 4.78 is 11.7. The van der Waals surface area contributed by atoms with Crippen molar-refractivity contribution in [2.24, 2.45) is 17.3 Å². The molecular formula is C25H36O6. The van der Waals surface area contributed by atoms with Gasteiger partial charge in [-0.3, -0.25) is 4.79 Å². The molecule has 172 valence electrons. The van der Waals surface area contributed by atoms with Crippen LogP contribution in [0.25, 0.3) is 0 Å². The van der Waals surface area contributed by atoms with Crippen molar-refractivity contribution >= 4 is 17.7 Å². The lowest BCUT2D eigenvalue weighted by atomic mass is 9.66. The van der Waals surface area contributed by atoms with Crippen LogP contribution < -0.4 is 0 Å². The van der Waals surface area contributed by atoms with Gasteiger partial charge >= 0.3 is 11.9 Å². The highest BCUT2D eigenvalue weighted by Gasteiger charge is 2.68. The van der Waals surface area contributed by atoms with Crippen molar-refractivity contribution in [3.8, 4) is 0 Å². The first kappa shape index (κ1) is 25.1. The third-order valence-corrected chi connectivity index (χ3v) is 7.19. The van der Waals surface area contributed by atoms with Crippen LogP contribution in [0.4, 0.5) is 0 Å². The van der Waals surface area contributed by atoms with Gasteiger partial charge in [-0.2, -0.15) is 0 Å². The van der Waals surface area contributed by atoms with Gasteiger partial charge in [0, 0.05) is 29.9 Å². The molecule has 1 saturated carbocycles. The molecule has 1 N–H and O–H groups in total. The first-order chi connectivity index (χ1) is 14.3. The molecule has 0 bridgehead atoms. The van der Waals surface area contributed by atoms with Gasteiger partial charge in [0.05, 0.1) is 11.0 Å². The Balaban J connectivity index is 2.62. The molecular weight excluding hydrogens is 396 g/mol. The summed E-state index contributed by atoms with van der Waals surface area (Å²) in [5.74, 6) is -2.19. The summed E-state index contributed by atoms with van der Waals surface area (Å²) in [6.07, 6.45) is 3.72. The molecule has 0 aromatic rings. The average molecular weight is 433 g/mol. The first-order valence-corrected chi connectivity index (χ1v) is 10.9. The number of hydrogen-bond donors (Lipinski definition) is 1. The Morgan fingerprint density at radius 1 is 1.13 bits per heavy atom. The van der Waals surface area contributed by atoms with E-state index in [2.05, 4.69) is 0 Å². The van der Waals surface area contributed by atoms with E-state index < -0.39 is 41.1 Å². The van der Waals surface area contributed by atoms with Gasteiger partial charge in [-0.25, -0.2) is 9.59 Å². The van der Waals surface area contributed by atoms with Gasteiger partial charge in [0.25, 0.3) is 0 Å². The van der Waals surface area contributed by atoms with Crippen molar-refractivity contribution < 1.29 is 29.0 Å². The van der Waals surface area contributed by atoms with E-state index in [1.165, 1.54) is 0 Å². The van der Waals surface area contributed by atoms with Gasteiger partial charge in [-0.15, -0.1) is 0 Å². The number of allylic oxidation sites excluding steroid dienone is 3. The van der Waals surface area contributed by atoms with E-state index in [0.29, 0.717) is 17.6 Å². The molecule has 0 radical (unpaired) electrons. The Kier molecular flexibility index (Phi) is 7.36. The third kappa shape index (κ3) is 4.40. The van der Waals surface area contributed by atoms with Crippen molar-refractivity contribution in [3.63, 3.8) is 0 Å². The predicted molar refractivity (Wildman–Crippen MR) is 118 cm³/mol. The first-order valence-electron chi connectivity index (χ1n) is 10.9. The summed E-state index contributed by atoms with van der Waals surface area (Å²) in [6, 6.07) is 0. The van der Waals surface area contributed by atoms with E-state index >= 15 is 0 Å². The van der Waals surface area contributed by atoms with Crippen molar-refractivity contribution in [3.05, 3.63) is 34.9 Å². The van der Waals surface area contributed by atoms with Gasteiger partial charge in [0.15, 0.2) is 5.78 Å². The number of rotatable bonds is 5. The number of carbonyl (C=O) groups excluding carboxylic acids is 3. The molecule has 0 aromatic carbocycles. The van der Waals surface area contributed by atoms with Gasteiger partial charge in [-0.1, -0.05) is 31.6 Å². The molecule has 0 aliphatic heterocycles. The number of esters is 2. The third-order valence-electron chi connectivity index (χ3n) is 7.19. The van der Waals surface area contributed by atoms with Crippen LogP contribution in [-0.4, -0.2) is 40.6 Å². The highest BCUT2D eigenvalue weighted by atomic mass is 16.6. The van der Waals surface area contributed by atoms with Crippen LogP contribution in [0.1, 0.15) is 68.2 Å². The minimum Gasteiger partial charge on any atom is -0.458 e. The Morgan fingerprint density at radius 3 is 2.13 bits per heavy atom. The smallest absolute Gasteiger partial charge is 0.333 e. The number of ketones is 1. The molecule has 0 aromatic heterocycles. The second kappa shape index (κ2) is 9.11. The van der Waals surface area contributed by atoms with E-state index in [-0.39, 0.29) is 18.1 Å². The minimum absolute atomic E-state index is 0.101. The lowest BCUT2D eigenvalue weighted by Crippen LogP contribution is -2.53. The topological polar surface area (TPSA) is 89.9 Å². The van der Waals surface area contributed by atoms with Crippen LogP contribution in [0.15, 0.2) is 34.9 Å². The van der Waals surface area contributed by atoms with Crippen molar-refractivity contribution in [1.29, 1.82) is 0 Å².